The number of amides is 1. The van der Waals surface area contributed by atoms with Gasteiger partial charge in [0.15, 0.2) is 16.4 Å². The number of esters is 1. The molecule has 0 unspecified atom stereocenters. The number of hydrogen-bond donors (Lipinski definition) is 0. The van der Waals surface area contributed by atoms with Crippen LogP contribution < -0.4 is 0 Å². The molecule has 1 atom stereocenters. The first kappa shape index (κ1) is 22.1. The highest BCUT2D eigenvalue weighted by molar-refractivity contribution is 7.91. The van der Waals surface area contributed by atoms with Gasteiger partial charge in [0, 0.05) is 18.7 Å². The Bertz CT molecular complexity index is 885. The molecule has 154 valence electrons. The van der Waals surface area contributed by atoms with Crippen LogP contribution in [0.3, 0.4) is 0 Å². The number of carbonyl (C=O) groups excluding carboxylic acids is 2. The van der Waals surface area contributed by atoms with E-state index >= 15 is 0 Å². The van der Waals surface area contributed by atoms with Crippen molar-refractivity contribution >= 4 is 39.0 Å². The van der Waals surface area contributed by atoms with Crippen molar-refractivity contribution in [1.29, 1.82) is 0 Å². The molecule has 1 saturated heterocycles. The van der Waals surface area contributed by atoms with Crippen LogP contribution in [0.25, 0.3) is 0 Å². The largest absolute Gasteiger partial charge is 0.452 e. The van der Waals surface area contributed by atoms with Gasteiger partial charge in [0.1, 0.15) is 5.02 Å². The Morgan fingerprint density at radius 3 is 2.61 bits per heavy atom. The summed E-state index contributed by atoms with van der Waals surface area (Å²) in [6, 6.07) is 2.99. The predicted molar refractivity (Wildman–Crippen MR) is 102 cm³/mol. The number of benzene rings is 1. The van der Waals surface area contributed by atoms with Crippen LogP contribution in [-0.2, 0) is 19.4 Å². The monoisotopic (exact) mass is 432 g/mol. The highest BCUT2D eigenvalue weighted by Gasteiger charge is 2.35. The molecule has 1 aliphatic rings. The van der Waals surface area contributed by atoms with E-state index in [0.29, 0.717) is 13.0 Å². The van der Waals surface area contributed by atoms with Gasteiger partial charge in [-0.2, -0.15) is 0 Å². The van der Waals surface area contributed by atoms with Crippen LogP contribution in [0.15, 0.2) is 18.2 Å². The van der Waals surface area contributed by atoms with Crippen molar-refractivity contribution < 1.29 is 27.7 Å². The van der Waals surface area contributed by atoms with E-state index in [2.05, 4.69) is 0 Å². The molecule has 1 aromatic carbocycles. The third kappa shape index (κ3) is 5.65. The molecule has 0 spiro atoms. The number of hydrogen-bond acceptors (Lipinski definition) is 7. The van der Waals surface area contributed by atoms with Crippen molar-refractivity contribution in [2.45, 2.75) is 26.3 Å². The number of nitro groups is 1. The second-order valence-corrected chi connectivity index (χ2v) is 9.63. The average molecular weight is 433 g/mol. The molecule has 0 bridgehead atoms. The highest BCUT2D eigenvalue weighted by atomic mass is 35.5. The van der Waals surface area contributed by atoms with Crippen molar-refractivity contribution in [3.05, 3.63) is 38.9 Å². The molecule has 11 heteroatoms. The van der Waals surface area contributed by atoms with Crippen LogP contribution in [0.4, 0.5) is 5.69 Å². The number of sulfone groups is 1. The summed E-state index contributed by atoms with van der Waals surface area (Å²) in [5.74, 6) is -1.40. The highest BCUT2D eigenvalue weighted by Crippen LogP contribution is 2.25. The molecule has 0 aliphatic carbocycles. The average Bonchev–Trinajstić information content (AvgIpc) is 2.96. The van der Waals surface area contributed by atoms with E-state index < -0.39 is 45.0 Å². The van der Waals surface area contributed by atoms with Gasteiger partial charge in [-0.15, -0.1) is 0 Å². The zero-order chi connectivity index (χ0) is 21.1. The Hall–Kier alpha value is -2.20. The van der Waals surface area contributed by atoms with Gasteiger partial charge in [0.2, 0.25) is 0 Å². The first-order valence-corrected chi connectivity index (χ1v) is 10.8. The van der Waals surface area contributed by atoms with Gasteiger partial charge in [-0.25, -0.2) is 13.2 Å². The zero-order valence-electron chi connectivity index (χ0n) is 15.5. The van der Waals surface area contributed by atoms with Crippen molar-refractivity contribution in [1.82, 2.24) is 4.90 Å². The lowest BCUT2D eigenvalue weighted by Crippen LogP contribution is -2.45. The molecule has 0 saturated carbocycles. The lowest BCUT2D eigenvalue weighted by molar-refractivity contribution is -0.384. The summed E-state index contributed by atoms with van der Waals surface area (Å²) in [4.78, 5) is 36.3. The number of nitro benzene ring substituents is 1. The number of rotatable bonds is 7. The molecule has 1 heterocycles. The Labute approximate surface area is 167 Å². The SMILES string of the molecule is CC(C)CN(C(=O)COC(=O)c1ccc(Cl)c([N+](=O)[O-])c1)[C@@H]1CCS(=O)(=O)C1. The second kappa shape index (κ2) is 8.87. The Morgan fingerprint density at radius 2 is 2.07 bits per heavy atom. The van der Waals surface area contributed by atoms with Crippen LogP contribution in [0, 0.1) is 16.0 Å². The minimum absolute atomic E-state index is 0.0216. The van der Waals surface area contributed by atoms with Gasteiger partial charge in [0.05, 0.1) is 22.0 Å². The van der Waals surface area contributed by atoms with Gasteiger partial charge in [-0.3, -0.25) is 14.9 Å². The fraction of sp³-hybridized carbons (Fsp3) is 0.529. The maximum atomic E-state index is 12.6. The molecule has 1 aliphatic heterocycles. The number of nitrogens with zero attached hydrogens (tertiary/aromatic N) is 2. The molecule has 1 aromatic rings. The molecular weight excluding hydrogens is 412 g/mol. The summed E-state index contributed by atoms with van der Waals surface area (Å²) in [5, 5.41) is 10.8. The van der Waals surface area contributed by atoms with Gasteiger partial charge < -0.3 is 9.64 Å². The van der Waals surface area contributed by atoms with Crippen LogP contribution in [0.1, 0.15) is 30.6 Å². The maximum Gasteiger partial charge on any atom is 0.338 e. The van der Waals surface area contributed by atoms with E-state index in [1.807, 2.05) is 13.8 Å². The zero-order valence-corrected chi connectivity index (χ0v) is 17.0. The standard InChI is InChI=1S/C17H21ClN2O7S/c1-11(2)8-19(13-5-6-28(25,26)10-13)16(21)9-27-17(22)12-3-4-14(18)15(7-12)20(23)24/h3-4,7,11,13H,5-6,8-10H2,1-2H3/t13-/m1/s1. The second-order valence-electron chi connectivity index (χ2n) is 7.00. The smallest absolute Gasteiger partial charge is 0.338 e. The Morgan fingerprint density at radius 1 is 1.39 bits per heavy atom. The van der Waals surface area contributed by atoms with Gasteiger partial charge >= 0.3 is 5.97 Å². The molecular formula is C17H21ClN2O7S. The van der Waals surface area contributed by atoms with Crippen molar-refractivity contribution in [3.8, 4) is 0 Å². The van der Waals surface area contributed by atoms with Gasteiger partial charge in [-0.05, 0) is 24.5 Å². The van der Waals surface area contributed by atoms with Crippen LogP contribution in [0.2, 0.25) is 5.02 Å². The molecule has 28 heavy (non-hydrogen) atoms. The summed E-state index contributed by atoms with van der Waals surface area (Å²) in [7, 11) is -3.18. The molecule has 1 amide bonds. The summed E-state index contributed by atoms with van der Waals surface area (Å²) in [6.07, 6.45) is 0.345. The first-order valence-electron chi connectivity index (χ1n) is 8.61. The van der Waals surface area contributed by atoms with Crippen LogP contribution in [-0.4, -0.2) is 60.8 Å². The van der Waals surface area contributed by atoms with Crippen molar-refractivity contribution in [2.75, 3.05) is 24.7 Å². The maximum absolute atomic E-state index is 12.6. The molecule has 0 aromatic heterocycles. The lowest BCUT2D eigenvalue weighted by Gasteiger charge is -2.29. The van der Waals surface area contributed by atoms with E-state index in [1.165, 1.54) is 17.0 Å². The first-order chi connectivity index (χ1) is 13.0. The topological polar surface area (TPSA) is 124 Å². The van der Waals surface area contributed by atoms with Gasteiger partial charge in [0.25, 0.3) is 11.6 Å². The summed E-state index contributed by atoms with van der Waals surface area (Å²) >= 11 is 5.71. The predicted octanol–water partition coefficient (Wildman–Crippen LogP) is 2.08. The summed E-state index contributed by atoms with van der Waals surface area (Å²) in [6.45, 7) is 3.53. The van der Waals surface area contributed by atoms with Gasteiger partial charge in [-0.1, -0.05) is 25.4 Å². The summed E-state index contributed by atoms with van der Waals surface area (Å²) in [5.41, 5.74) is -0.553. The fourth-order valence-corrected chi connectivity index (χ4v) is 4.86. The Balaban J connectivity index is 2.06. The third-order valence-corrected chi connectivity index (χ3v) is 6.31. The molecule has 1 fully saturated rings. The molecule has 9 nitrogen and oxygen atoms in total. The minimum atomic E-state index is -3.18. The third-order valence-electron chi connectivity index (χ3n) is 4.24. The Kier molecular flexibility index (Phi) is 7.00. The number of halogens is 1. The summed E-state index contributed by atoms with van der Waals surface area (Å²) < 4.78 is 28.5. The van der Waals surface area contributed by atoms with E-state index in [4.69, 9.17) is 16.3 Å². The molecule has 0 N–H and O–H groups in total. The lowest BCUT2D eigenvalue weighted by atomic mass is 10.1. The number of carbonyl (C=O) groups is 2. The minimum Gasteiger partial charge on any atom is -0.452 e. The van der Waals surface area contributed by atoms with Crippen molar-refractivity contribution in [2.24, 2.45) is 5.92 Å². The van der Waals surface area contributed by atoms with Crippen LogP contribution in [0.5, 0.6) is 0 Å². The fourth-order valence-electron chi connectivity index (χ4n) is 2.94. The van der Waals surface area contributed by atoms with Crippen molar-refractivity contribution in [3.63, 3.8) is 0 Å². The molecule has 2 rings (SSSR count). The van der Waals surface area contributed by atoms with E-state index in [-0.39, 0.29) is 28.0 Å². The number of ether oxygens (including phenoxy) is 1. The van der Waals surface area contributed by atoms with E-state index in [9.17, 15) is 28.1 Å². The van der Waals surface area contributed by atoms with E-state index in [0.717, 1.165) is 6.07 Å². The van der Waals surface area contributed by atoms with E-state index in [1.54, 1.807) is 0 Å². The normalized spacial score (nSPS) is 18.1. The van der Waals surface area contributed by atoms with Crippen LogP contribution >= 0.6 is 11.6 Å². The quantitative estimate of drug-likeness (QED) is 0.367. The molecule has 0 radical (unpaired) electrons.